The third-order valence-electron chi connectivity index (χ3n) is 4.89. The van der Waals surface area contributed by atoms with E-state index in [1.165, 1.54) is 0 Å². The first kappa shape index (κ1) is 19.1. The van der Waals surface area contributed by atoms with Gasteiger partial charge in [0, 0.05) is 43.3 Å². The fourth-order valence-electron chi connectivity index (χ4n) is 3.40. The fraction of sp³-hybridized carbons (Fsp3) is 0.556. The molecule has 1 aliphatic rings. The molecule has 0 radical (unpaired) electrons. The Kier molecular flexibility index (Phi) is 6.59. The van der Waals surface area contributed by atoms with Gasteiger partial charge >= 0.3 is 0 Å². The normalized spacial score (nSPS) is 22.3. The molecule has 0 bridgehead atoms. The van der Waals surface area contributed by atoms with Gasteiger partial charge in [-0.2, -0.15) is 5.10 Å². The molecule has 2 amide bonds. The molecule has 3 rings (SSSR count). The second-order valence-electron chi connectivity index (χ2n) is 6.96. The van der Waals surface area contributed by atoms with E-state index in [1.807, 2.05) is 10.8 Å². The molecule has 0 unspecified atom stereocenters. The number of hydrogen-bond acceptors (Lipinski definition) is 5. The Hall–Kier alpha value is -2.68. The number of nitrogens with zero attached hydrogens (tertiary/aromatic N) is 3. The van der Waals surface area contributed by atoms with Gasteiger partial charge in [0.1, 0.15) is 0 Å². The molecule has 0 spiro atoms. The SMILES string of the molecule is O=C(Cc1ccn[nH]1)N[C@@H]1CC[C@H](C(=O)NCCCn2ccnc2)C[C@H]1O. The molecule has 9 nitrogen and oxygen atoms in total. The standard InChI is InChI=1S/C18H26N6O3/c25-16-10-13(18(27)20-5-1-8-24-9-7-19-12-24)2-3-15(16)22-17(26)11-14-4-6-21-23-14/h4,6-7,9,12-13,15-16,25H,1-3,5,8,10-11H2,(H,20,27)(H,21,23)(H,22,26)/t13-,15+,16+/m0/s1. The summed E-state index contributed by atoms with van der Waals surface area (Å²) in [6, 6.07) is 1.43. The highest BCUT2D eigenvalue weighted by atomic mass is 16.3. The molecule has 0 aromatic carbocycles. The molecule has 9 heteroatoms. The maximum Gasteiger partial charge on any atom is 0.226 e. The second-order valence-corrected chi connectivity index (χ2v) is 6.96. The van der Waals surface area contributed by atoms with Gasteiger partial charge in [-0.25, -0.2) is 4.98 Å². The lowest BCUT2D eigenvalue weighted by Gasteiger charge is -2.33. The first-order valence-corrected chi connectivity index (χ1v) is 9.31. The van der Waals surface area contributed by atoms with Crippen LogP contribution < -0.4 is 10.6 Å². The summed E-state index contributed by atoms with van der Waals surface area (Å²) in [5.74, 6) is -0.401. The minimum atomic E-state index is -0.717. The molecule has 146 valence electrons. The zero-order valence-corrected chi connectivity index (χ0v) is 15.2. The Morgan fingerprint density at radius 1 is 1.33 bits per heavy atom. The molecule has 1 fully saturated rings. The molecule has 4 N–H and O–H groups in total. The highest BCUT2D eigenvalue weighted by molar-refractivity contribution is 5.79. The Labute approximate surface area is 157 Å². The van der Waals surface area contributed by atoms with E-state index in [-0.39, 0.29) is 30.2 Å². The van der Waals surface area contributed by atoms with Crippen LogP contribution in [0, 0.1) is 5.92 Å². The summed E-state index contributed by atoms with van der Waals surface area (Å²) in [5, 5.41) is 22.7. The maximum atomic E-state index is 12.3. The third-order valence-corrected chi connectivity index (χ3v) is 4.89. The lowest BCUT2D eigenvalue weighted by atomic mass is 9.83. The molecule has 1 saturated carbocycles. The van der Waals surface area contributed by atoms with E-state index in [0.717, 1.165) is 18.7 Å². The summed E-state index contributed by atoms with van der Waals surface area (Å²) in [5.41, 5.74) is 0.728. The van der Waals surface area contributed by atoms with Crippen LogP contribution in [0.5, 0.6) is 0 Å². The highest BCUT2D eigenvalue weighted by Gasteiger charge is 2.33. The molecule has 1 aliphatic carbocycles. The van der Waals surface area contributed by atoms with Crippen molar-refractivity contribution in [2.45, 2.75) is 50.8 Å². The Morgan fingerprint density at radius 2 is 2.22 bits per heavy atom. The number of nitrogens with one attached hydrogen (secondary N) is 3. The van der Waals surface area contributed by atoms with Gasteiger partial charge in [-0.05, 0) is 31.7 Å². The molecular weight excluding hydrogens is 348 g/mol. The van der Waals surface area contributed by atoms with Crippen molar-refractivity contribution in [3.8, 4) is 0 Å². The first-order chi connectivity index (χ1) is 13.1. The number of rotatable bonds is 8. The van der Waals surface area contributed by atoms with Crippen LogP contribution in [0.1, 0.15) is 31.4 Å². The summed E-state index contributed by atoms with van der Waals surface area (Å²) in [6.45, 7) is 1.39. The number of aromatic amines is 1. The number of aliphatic hydroxyl groups is 1. The monoisotopic (exact) mass is 374 g/mol. The van der Waals surface area contributed by atoms with Crippen LogP contribution in [-0.2, 0) is 22.6 Å². The first-order valence-electron chi connectivity index (χ1n) is 9.31. The number of imidazole rings is 1. The van der Waals surface area contributed by atoms with Crippen LogP contribution in [0.4, 0.5) is 0 Å². The maximum absolute atomic E-state index is 12.3. The van der Waals surface area contributed by atoms with E-state index in [4.69, 9.17) is 0 Å². The molecule has 2 aromatic heterocycles. The van der Waals surface area contributed by atoms with E-state index in [9.17, 15) is 14.7 Å². The van der Waals surface area contributed by atoms with Crippen LogP contribution in [0.25, 0.3) is 0 Å². The van der Waals surface area contributed by atoms with E-state index < -0.39 is 6.10 Å². The van der Waals surface area contributed by atoms with Crippen LogP contribution in [0.2, 0.25) is 0 Å². The summed E-state index contributed by atoms with van der Waals surface area (Å²) in [6.07, 6.45) is 8.87. The minimum absolute atomic E-state index is 0.0260. The van der Waals surface area contributed by atoms with E-state index in [2.05, 4.69) is 25.8 Å². The van der Waals surface area contributed by atoms with Gasteiger partial charge in [0.25, 0.3) is 0 Å². The van der Waals surface area contributed by atoms with Crippen LogP contribution in [-0.4, -0.2) is 55.4 Å². The van der Waals surface area contributed by atoms with Crippen molar-refractivity contribution in [1.29, 1.82) is 0 Å². The smallest absolute Gasteiger partial charge is 0.226 e. The average molecular weight is 374 g/mol. The number of carbonyl (C=O) groups is 2. The quantitative estimate of drug-likeness (QED) is 0.484. The van der Waals surface area contributed by atoms with Crippen molar-refractivity contribution >= 4 is 11.8 Å². The van der Waals surface area contributed by atoms with Crippen molar-refractivity contribution in [1.82, 2.24) is 30.4 Å². The summed E-state index contributed by atoms with van der Waals surface area (Å²) >= 11 is 0. The number of aliphatic hydroxyl groups excluding tert-OH is 1. The molecule has 0 aliphatic heterocycles. The highest BCUT2D eigenvalue weighted by Crippen LogP contribution is 2.25. The van der Waals surface area contributed by atoms with Crippen LogP contribution in [0.3, 0.4) is 0 Å². The number of H-pyrrole nitrogens is 1. The number of carbonyl (C=O) groups excluding carboxylic acids is 2. The summed E-state index contributed by atoms with van der Waals surface area (Å²) in [4.78, 5) is 28.3. The van der Waals surface area contributed by atoms with Crippen molar-refractivity contribution in [3.05, 3.63) is 36.7 Å². The molecule has 27 heavy (non-hydrogen) atoms. The van der Waals surface area contributed by atoms with Gasteiger partial charge in [0.15, 0.2) is 0 Å². The van der Waals surface area contributed by atoms with Crippen LogP contribution in [0.15, 0.2) is 31.0 Å². The number of aromatic nitrogens is 4. The second kappa shape index (κ2) is 9.31. The molecule has 3 atom stereocenters. The third kappa shape index (κ3) is 5.65. The van der Waals surface area contributed by atoms with E-state index in [0.29, 0.717) is 25.8 Å². The van der Waals surface area contributed by atoms with Gasteiger partial charge in [-0.3, -0.25) is 14.7 Å². The fourth-order valence-corrected chi connectivity index (χ4v) is 3.40. The zero-order valence-electron chi connectivity index (χ0n) is 15.2. The van der Waals surface area contributed by atoms with Crippen molar-refractivity contribution in [2.75, 3.05) is 6.54 Å². The van der Waals surface area contributed by atoms with Gasteiger partial charge in [0.05, 0.1) is 24.9 Å². The Morgan fingerprint density at radius 3 is 2.93 bits per heavy atom. The van der Waals surface area contributed by atoms with Crippen molar-refractivity contribution in [3.63, 3.8) is 0 Å². The lowest BCUT2D eigenvalue weighted by Crippen LogP contribution is -2.49. The van der Waals surface area contributed by atoms with E-state index in [1.54, 1.807) is 24.8 Å². The van der Waals surface area contributed by atoms with E-state index >= 15 is 0 Å². The Balaban J connectivity index is 1.35. The number of amides is 2. The zero-order chi connectivity index (χ0) is 19.1. The van der Waals surface area contributed by atoms with Crippen molar-refractivity contribution in [2.24, 2.45) is 5.92 Å². The van der Waals surface area contributed by atoms with Gasteiger partial charge in [-0.1, -0.05) is 0 Å². The summed E-state index contributed by atoms with van der Waals surface area (Å²) in [7, 11) is 0. The topological polar surface area (TPSA) is 125 Å². The average Bonchev–Trinajstić information content (AvgIpc) is 3.34. The molecule has 2 aromatic rings. The Bertz CT molecular complexity index is 716. The van der Waals surface area contributed by atoms with Crippen molar-refractivity contribution < 1.29 is 14.7 Å². The molecule has 2 heterocycles. The van der Waals surface area contributed by atoms with Gasteiger partial charge in [-0.15, -0.1) is 0 Å². The molecular formula is C18H26N6O3. The number of hydrogen-bond donors (Lipinski definition) is 4. The minimum Gasteiger partial charge on any atom is -0.391 e. The molecule has 0 saturated heterocycles. The lowest BCUT2D eigenvalue weighted by molar-refractivity contribution is -0.128. The summed E-state index contributed by atoms with van der Waals surface area (Å²) < 4.78 is 1.97. The largest absolute Gasteiger partial charge is 0.391 e. The van der Waals surface area contributed by atoms with Gasteiger partial charge < -0.3 is 20.3 Å². The predicted molar refractivity (Wildman–Crippen MR) is 97.4 cm³/mol. The van der Waals surface area contributed by atoms with Gasteiger partial charge in [0.2, 0.25) is 11.8 Å². The van der Waals surface area contributed by atoms with Crippen LogP contribution >= 0.6 is 0 Å². The predicted octanol–water partition coefficient (Wildman–Crippen LogP) is 0.00100. The number of aryl methyl sites for hydroxylation is 1.